The second-order valence-electron chi connectivity index (χ2n) is 5.18. The maximum Gasteiger partial charge on any atom is 0.0361 e. The Bertz CT molecular complexity index is 549. The van der Waals surface area contributed by atoms with Crippen molar-refractivity contribution in [3.05, 3.63) is 64.1 Å². The molecular weight excluding hydrogens is 312 g/mol. The van der Waals surface area contributed by atoms with Crippen molar-refractivity contribution in [1.29, 1.82) is 0 Å². The first kappa shape index (κ1) is 15.1. The number of hydrogen-bond donors (Lipinski definition) is 1. The van der Waals surface area contributed by atoms with Crippen molar-refractivity contribution in [2.75, 3.05) is 19.0 Å². The van der Waals surface area contributed by atoms with Crippen LogP contribution in [0.1, 0.15) is 24.1 Å². The molecule has 2 nitrogen and oxygen atoms in total. The van der Waals surface area contributed by atoms with Crippen LogP contribution < -0.4 is 10.2 Å². The average Bonchev–Trinajstić information content (AvgIpc) is 2.45. The van der Waals surface area contributed by atoms with E-state index in [0.29, 0.717) is 6.04 Å². The minimum atomic E-state index is 0.319. The predicted octanol–water partition coefficient (Wildman–Crippen LogP) is 4.37. The zero-order valence-electron chi connectivity index (χ0n) is 12.2. The minimum Gasteiger partial charge on any atom is -0.378 e. The van der Waals surface area contributed by atoms with E-state index < -0.39 is 0 Å². The Balaban J connectivity index is 1.96. The van der Waals surface area contributed by atoms with Crippen LogP contribution in [0.3, 0.4) is 0 Å². The van der Waals surface area contributed by atoms with Gasteiger partial charge in [-0.3, -0.25) is 0 Å². The SMILES string of the molecule is C[C@H](NCc1ccc(N(C)C)cc1)c1ccccc1Br. The molecule has 0 aliphatic carbocycles. The molecule has 0 aromatic heterocycles. The van der Waals surface area contributed by atoms with Crippen molar-refractivity contribution in [1.82, 2.24) is 5.32 Å². The highest BCUT2D eigenvalue weighted by Gasteiger charge is 2.07. The lowest BCUT2D eigenvalue weighted by atomic mass is 10.1. The van der Waals surface area contributed by atoms with Crippen LogP contribution in [0.25, 0.3) is 0 Å². The zero-order valence-corrected chi connectivity index (χ0v) is 13.8. The molecule has 0 spiro atoms. The van der Waals surface area contributed by atoms with Crippen molar-refractivity contribution in [3.8, 4) is 0 Å². The molecule has 0 aliphatic rings. The van der Waals surface area contributed by atoms with Gasteiger partial charge in [0.1, 0.15) is 0 Å². The molecule has 2 aromatic carbocycles. The van der Waals surface area contributed by atoms with Gasteiger partial charge in [0.25, 0.3) is 0 Å². The number of rotatable bonds is 5. The van der Waals surface area contributed by atoms with E-state index in [1.165, 1.54) is 16.8 Å². The Kier molecular flexibility index (Phi) is 5.21. The van der Waals surface area contributed by atoms with Crippen molar-refractivity contribution in [3.63, 3.8) is 0 Å². The van der Waals surface area contributed by atoms with Gasteiger partial charge in [-0.2, -0.15) is 0 Å². The van der Waals surface area contributed by atoms with Crippen molar-refractivity contribution < 1.29 is 0 Å². The third-order valence-corrected chi connectivity index (χ3v) is 4.16. The molecule has 0 unspecified atom stereocenters. The Morgan fingerprint density at radius 1 is 1.05 bits per heavy atom. The van der Waals surface area contributed by atoms with E-state index in [2.05, 4.69) is 89.6 Å². The summed E-state index contributed by atoms with van der Waals surface area (Å²) in [6.07, 6.45) is 0. The summed E-state index contributed by atoms with van der Waals surface area (Å²) in [7, 11) is 4.12. The predicted molar refractivity (Wildman–Crippen MR) is 90.2 cm³/mol. The van der Waals surface area contributed by atoms with Crippen LogP contribution in [0.2, 0.25) is 0 Å². The highest BCUT2D eigenvalue weighted by molar-refractivity contribution is 9.10. The number of nitrogens with zero attached hydrogens (tertiary/aromatic N) is 1. The summed E-state index contributed by atoms with van der Waals surface area (Å²) in [5, 5.41) is 3.56. The van der Waals surface area contributed by atoms with Gasteiger partial charge in [-0.1, -0.05) is 46.3 Å². The second kappa shape index (κ2) is 6.91. The van der Waals surface area contributed by atoms with Gasteiger partial charge in [0.15, 0.2) is 0 Å². The number of halogens is 1. The standard InChI is InChI=1S/C17H21BrN2/c1-13(16-6-4-5-7-17(16)18)19-12-14-8-10-15(11-9-14)20(2)3/h4-11,13,19H,12H2,1-3H3/t13-/m0/s1. The van der Waals surface area contributed by atoms with Crippen LogP contribution in [-0.2, 0) is 6.54 Å². The van der Waals surface area contributed by atoms with Gasteiger partial charge >= 0.3 is 0 Å². The van der Waals surface area contributed by atoms with Gasteiger partial charge in [0.2, 0.25) is 0 Å². The molecule has 20 heavy (non-hydrogen) atoms. The monoisotopic (exact) mass is 332 g/mol. The van der Waals surface area contributed by atoms with Crippen LogP contribution in [0.15, 0.2) is 53.0 Å². The maximum absolute atomic E-state index is 3.60. The lowest BCUT2D eigenvalue weighted by Crippen LogP contribution is -2.18. The molecule has 1 atom stereocenters. The topological polar surface area (TPSA) is 15.3 Å². The quantitative estimate of drug-likeness (QED) is 0.874. The van der Waals surface area contributed by atoms with Gasteiger partial charge < -0.3 is 10.2 Å². The lowest BCUT2D eigenvalue weighted by molar-refractivity contribution is 0.573. The van der Waals surface area contributed by atoms with E-state index in [1.807, 2.05) is 6.07 Å². The Morgan fingerprint density at radius 3 is 2.30 bits per heavy atom. The molecule has 0 heterocycles. The molecule has 0 amide bonds. The van der Waals surface area contributed by atoms with Gasteiger partial charge in [-0.15, -0.1) is 0 Å². The van der Waals surface area contributed by atoms with Gasteiger partial charge in [0.05, 0.1) is 0 Å². The molecule has 1 N–H and O–H groups in total. The molecule has 3 heteroatoms. The Morgan fingerprint density at radius 2 is 1.70 bits per heavy atom. The molecule has 0 radical (unpaired) electrons. The molecule has 0 bridgehead atoms. The molecule has 2 aromatic rings. The number of hydrogen-bond acceptors (Lipinski definition) is 2. The molecule has 106 valence electrons. The fourth-order valence-corrected chi connectivity index (χ4v) is 2.75. The van der Waals surface area contributed by atoms with Crippen LogP contribution in [0.5, 0.6) is 0 Å². The summed E-state index contributed by atoms with van der Waals surface area (Å²) in [6, 6.07) is 17.3. The van der Waals surface area contributed by atoms with Crippen molar-refractivity contribution in [2.45, 2.75) is 19.5 Å². The van der Waals surface area contributed by atoms with E-state index >= 15 is 0 Å². The third-order valence-electron chi connectivity index (χ3n) is 3.44. The largest absolute Gasteiger partial charge is 0.378 e. The van der Waals surface area contributed by atoms with E-state index in [9.17, 15) is 0 Å². The van der Waals surface area contributed by atoms with Crippen molar-refractivity contribution >= 4 is 21.6 Å². The highest BCUT2D eigenvalue weighted by Crippen LogP contribution is 2.23. The summed E-state index contributed by atoms with van der Waals surface area (Å²) < 4.78 is 1.16. The maximum atomic E-state index is 3.60. The first-order valence-electron chi connectivity index (χ1n) is 6.82. The number of nitrogens with one attached hydrogen (secondary N) is 1. The zero-order chi connectivity index (χ0) is 14.5. The van der Waals surface area contributed by atoms with E-state index in [0.717, 1.165) is 11.0 Å². The third kappa shape index (κ3) is 3.84. The molecule has 2 rings (SSSR count). The summed E-state index contributed by atoms with van der Waals surface area (Å²) in [4.78, 5) is 2.11. The Hall–Kier alpha value is -1.32. The van der Waals surface area contributed by atoms with Crippen LogP contribution in [0.4, 0.5) is 5.69 Å². The summed E-state index contributed by atoms with van der Waals surface area (Å²) in [5.41, 5.74) is 3.82. The van der Waals surface area contributed by atoms with E-state index in [1.54, 1.807) is 0 Å². The lowest BCUT2D eigenvalue weighted by Gasteiger charge is -2.17. The molecule has 0 saturated heterocycles. The molecular formula is C17H21BrN2. The summed E-state index contributed by atoms with van der Waals surface area (Å²) in [5.74, 6) is 0. The number of anilines is 1. The van der Waals surface area contributed by atoms with E-state index in [4.69, 9.17) is 0 Å². The first-order chi connectivity index (χ1) is 9.58. The van der Waals surface area contributed by atoms with E-state index in [-0.39, 0.29) is 0 Å². The summed E-state index contributed by atoms with van der Waals surface area (Å²) >= 11 is 3.60. The fraction of sp³-hybridized carbons (Fsp3) is 0.294. The van der Waals surface area contributed by atoms with Crippen LogP contribution >= 0.6 is 15.9 Å². The van der Waals surface area contributed by atoms with Gasteiger partial charge in [-0.25, -0.2) is 0 Å². The second-order valence-corrected chi connectivity index (χ2v) is 6.04. The Labute approximate surface area is 129 Å². The minimum absolute atomic E-state index is 0.319. The summed E-state index contributed by atoms with van der Waals surface area (Å²) in [6.45, 7) is 3.06. The normalized spacial score (nSPS) is 12.2. The highest BCUT2D eigenvalue weighted by atomic mass is 79.9. The van der Waals surface area contributed by atoms with Gasteiger partial charge in [0, 0.05) is 36.8 Å². The van der Waals surface area contributed by atoms with Crippen LogP contribution in [-0.4, -0.2) is 14.1 Å². The average molecular weight is 333 g/mol. The van der Waals surface area contributed by atoms with Crippen molar-refractivity contribution in [2.24, 2.45) is 0 Å². The smallest absolute Gasteiger partial charge is 0.0361 e. The van der Waals surface area contributed by atoms with Crippen LogP contribution in [0, 0.1) is 0 Å². The van der Waals surface area contributed by atoms with Gasteiger partial charge in [-0.05, 0) is 36.2 Å². The molecule has 0 aliphatic heterocycles. The first-order valence-corrected chi connectivity index (χ1v) is 7.61. The molecule has 0 fully saturated rings. The molecule has 0 saturated carbocycles. The number of benzene rings is 2. The fourth-order valence-electron chi connectivity index (χ4n) is 2.12.